The van der Waals surface area contributed by atoms with E-state index in [-0.39, 0.29) is 46.0 Å². The zero-order valence-corrected chi connectivity index (χ0v) is 10.7. The van der Waals surface area contributed by atoms with E-state index in [1.807, 2.05) is 0 Å². The van der Waals surface area contributed by atoms with Crippen LogP contribution in [-0.4, -0.2) is 61.3 Å². The van der Waals surface area contributed by atoms with Crippen molar-refractivity contribution in [3.63, 3.8) is 0 Å². The quantitative estimate of drug-likeness (QED) is 0.567. The summed E-state index contributed by atoms with van der Waals surface area (Å²) in [7, 11) is 0. The fourth-order valence-electron chi connectivity index (χ4n) is 0.549. The third-order valence-corrected chi connectivity index (χ3v) is 5.51. The number of aliphatic hydroxyl groups excluding tert-OH is 3. The van der Waals surface area contributed by atoms with Gasteiger partial charge in [-0.2, -0.15) is 0 Å². The molecule has 0 fully saturated rings. The van der Waals surface area contributed by atoms with E-state index >= 15 is 0 Å². The molecule has 0 saturated heterocycles. The Kier molecular flexibility index (Phi) is 7.90. The molecule has 0 heterocycles. The second-order valence-corrected chi connectivity index (χ2v) is 8.18. The van der Waals surface area contributed by atoms with Crippen LogP contribution < -0.4 is 0 Å². The molecule has 0 aromatic heterocycles. The first-order valence-corrected chi connectivity index (χ1v) is 8.20. The van der Waals surface area contributed by atoms with E-state index in [1.165, 1.54) is 0 Å². The number of hydrogen-bond donors (Lipinski definition) is 3. The molecule has 0 saturated carbocycles. The third kappa shape index (κ3) is 9.01. The second-order valence-electron chi connectivity index (χ2n) is 2.52. The summed E-state index contributed by atoms with van der Waals surface area (Å²) in [6.07, 6.45) is -0.325. The van der Waals surface area contributed by atoms with Gasteiger partial charge in [-0.25, -0.2) is 0 Å². The Morgan fingerprint density at radius 2 is 1.25 bits per heavy atom. The summed E-state index contributed by atoms with van der Waals surface area (Å²) in [6, 6.07) is 0. The number of hydrogen-bond acceptors (Lipinski definition) is 3. The molecular formula is C7H16O3Se2. The SMILES string of the molecule is CC(O)[Se]CC(O)C[Se]C(C)O. The van der Waals surface area contributed by atoms with Crippen molar-refractivity contribution in [3.8, 4) is 0 Å². The van der Waals surface area contributed by atoms with E-state index in [2.05, 4.69) is 0 Å². The molecule has 0 aromatic carbocycles. The number of aliphatic hydroxyl groups is 3. The molecule has 3 nitrogen and oxygen atoms in total. The molecule has 3 N–H and O–H groups in total. The van der Waals surface area contributed by atoms with E-state index < -0.39 is 0 Å². The minimum absolute atomic E-state index is 0.119. The van der Waals surface area contributed by atoms with Gasteiger partial charge in [-0.3, -0.25) is 0 Å². The average molecular weight is 306 g/mol. The van der Waals surface area contributed by atoms with Crippen LogP contribution in [0.1, 0.15) is 13.8 Å². The van der Waals surface area contributed by atoms with Gasteiger partial charge in [0.15, 0.2) is 0 Å². The van der Waals surface area contributed by atoms with Crippen molar-refractivity contribution in [2.75, 3.05) is 0 Å². The van der Waals surface area contributed by atoms with Crippen LogP contribution in [-0.2, 0) is 0 Å². The molecule has 74 valence electrons. The fourth-order valence-corrected chi connectivity index (χ4v) is 3.90. The van der Waals surface area contributed by atoms with E-state index in [0.29, 0.717) is 10.6 Å². The zero-order chi connectivity index (χ0) is 9.56. The molecule has 0 amide bonds. The van der Waals surface area contributed by atoms with Crippen LogP contribution >= 0.6 is 0 Å². The monoisotopic (exact) mass is 308 g/mol. The van der Waals surface area contributed by atoms with E-state index in [0.717, 1.165) is 0 Å². The topological polar surface area (TPSA) is 60.7 Å². The molecule has 0 aliphatic carbocycles. The van der Waals surface area contributed by atoms with E-state index in [4.69, 9.17) is 10.2 Å². The Morgan fingerprint density at radius 3 is 1.50 bits per heavy atom. The summed E-state index contributed by atoms with van der Waals surface area (Å²) in [5.74, 6) is 0. The molecule has 0 spiro atoms. The van der Waals surface area contributed by atoms with Crippen LogP contribution in [0.25, 0.3) is 0 Å². The van der Waals surface area contributed by atoms with Crippen LogP contribution in [0.5, 0.6) is 0 Å². The summed E-state index contributed by atoms with van der Waals surface area (Å²) in [5.41, 5.74) is 0. The molecule has 0 bridgehead atoms. The third-order valence-electron chi connectivity index (χ3n) is 1.06. The summed E-state index contributed by atoms with van der Waals surface area (Å²) in [6.45, 7) is 3.49. The van der Waals surface area contributed by atoms with Gasteiger partial charge in [0.2, 0.25) is 0 Å². The Hall–Kier alpha value is 0.919. The summed E-state index contributed by atoms with van der Waals surface area (Å²) >= 11 is 0.238. The molecule has 0 radical (unpaired) electrons. The van der Waals surface area contributed by atoms with Gasteiger partial charge in [-0.1, -0.05) is 0 Å². The normalized spacial score (nSPS) is 18.8. The van der Waals surface area contributed by atoms with Crippen LogP contribution in [0, 0.1) is 0 Å². The van der Waals surface area contributed by atoms with E-state index in [9.17, 15) is 5.11 Å². The molecule has 0 rings (SSSR count). The van der Waals surface area contributed by atoms with Gasteiger partial charge in [-0.15, -0.1) is 0 Å². The molecule has 12 heavy (non-hydrogen) atoms. The molecule has 2 unspecified atom stereocenters. The standard InChI is InChI=1S/C7H16O3Se2/c1-5(8)11-3-7(10)4-12-6(2)9/h5-10H,3-4H2,1-2H3. The second kappa shape index (κ2) is 7.33. The maximum absolute atomic E-state index is 9.36. The summed E-state index contributed by atoms with van der Waals surface area (Å²) in [4.78, 5) is 0. The van der Waals surface area contributed by atoms with E-state index in [1.54, 1.807) is 13.8 Å². The molecular weight excluding hydrogens is 290 g/mol. The Balaban J connectivity index is 3.27. The maximum atomic E-state index is 9.36. The van der Waals surface area contributed by atoms with Crippen molar-refractivity contribution in [2.45, 2.75) is 40.6 Å². The fraction of sp³-hybridized carbons (Fsp3) is 1.00. The van der Waals surface area contributed by atoms with Crippen molar-refractivity contribution in [2.24, 2.45) is 0 Å². The van der Waals surface area contributed by atoms with Gasteiger partial charge in [0, 0.05) is 0 Å². The Morgan fingerprint density at radius 1 is 0.917 bits per heavy atom. The van der Waals surface area contributed by atoms with Gasteiger partial charge in [0.1, 0.15) is 0 Å². The van der Waals surface area contributed by atoms with Crippen molar-refractivity contribution in [3.05, 3.63) is 0 Å². The summed E-state index contributed by atoms with van der Waals surface area (Å²) in [5, 5.41) is 28.1. The molecule has 0 aliphatic heterocycles. The first-order valence-electron chi connectivity index (χ1n) is 3.79. The zero-order valence-electron chi connectivity index (χ0n) is 7.30. The molecule has 5 heteroatoms. The predicted octanol–water partition coefficient (Wildman–Crippen LogP) is -0.731. The Bertz CT molecular complexity index is 96.8. The van der Waals surface area contributed by atoms with Crippen LogP contribution in [0.15, 0.2) is 0 Å². The predicted molar refractivity (Wildman–Crippen MR) is 50.5 cm³/mol. The van der Waals surface area contributed by atoms with Crippen LogP contribution in [0.2, 0.25) is 10.6 Å². The van der Waals surface area contributed by atoms with Crippen molar-refractivity contribution < 1.29 is 15.3 Å². The van der Waals surface area contributed by atoms with Gasteiger partial charge in [0.05, 0.1) is 0 Å². The van der Waals surface area contributed by atoms with Gasteiger partial charge >= 0.3 is 85.8 Å². The molecule has 0 aromatic rings. The van der Waals surface area contributed by atoms with Crippen LogP contribution in [0.4, 0.5) is 0 Å². The van der Waals surface area contributed by atoms with Gasteiger partial charge in [0.25, 0.3) is 0 Å². The van der Waals surface area contributed by atoms with Gasteiger partial charge < -0.3 is 0 Å². The summed E-state index contributed by atoms with van der Waals surface area (Å²) < 4.78 is 0. The van der Waals surface area contributed by atoms with Crippen LogP contribution in [0.3, 0.4) is 0 Å². The Labute approximate surface area is 85.9 Å². The van der Waals surface area contributed by atoms with Gasteiger partial charge in [-0.05, 0) is 0 Å². The van der Waals surface area contributed by atoms with Crippen molar-refractivity contribution in [1.82, 2.24) is 0 Å². The minimum atomic E-state index is -0.325. The molecule has 0 aliphatic rings. The number of rotatable bonds is 6. The first-order chi connectivity index (χ1) is 5.52. The van der Waals surface area contributed by atoms with Crippen molar-refractivity contribution >= 4 is 29.9 Å². The first kappa shape index (κ1) is 12.9. The average Bonchev–Trinajstić information content (AvgIpc) is 1.96. The van der Waals surface area contributed by atoms with Crippen molar-refractivity contribution in [1.29, 1.82) is 0 Å². The molecule has 2 atom stereocenters.